The minimum Gasteiger partial charge on any atom is -0.492 e. The molecule has 1 aromatic heterocycles. The highest BCUT2D eigenvalue weighted by atomic mass is 32.2. The number of pyridine rings is 1. The van der Waals surface area contributed by atoms with E-state index in [1.54, 1.807) is 18.0 Å². The topological polar surface area (TPSA) is 62.7 Å². The fourth-order valence-corrected chi connectivity index (χ4v) is 3.31. The Kier molecular flexibility index (Phi) is 5.81. The molecular formula is C19H22N2O3S. The number of hydrogen-bond donors (Lipinski definition) is 1. The molecule has 2 aromatic rings. The summed E-state index contributed by atoms with van der Waals surface area (Å²) in [6, 6.07) is 12.2. The quantitative estimate of drug-likeness (QED) is 0.810. The van der Waals surface area contributed by atoms with Crippen LogP contribution in [0, 0.1) is 5.92 Å². The van der Waals surface area contributed by atoms with Crippen molar-refractivity contribution in [2.75, 3.05) is 26.0 Å². The van der Waals surface area contributed by atoms with Crippen molar-refractivity contribution in [3.8, 4) is 17.0 Å². The van der Waals surface area contributed by atoms with E-state index in [9.17, 15) is 4.79 Å². The first-order valence-electron chi connectivity index (χ1n) is 8.37. The van der Waals surface area contributed by atoms with Gasteiger partial charge in [-0.25, -0.2) is 4.79 Å². The van der Waals surface area contributed by atoms with Crippen LogP contribution >= 0.6 is 11.8 Å². The summed E-state index contributed by atoms with van der Waals surface area (Å²) in [6.45, 7) is 1.79. The van der Waals surface area contributed by atoms with Gasteiger partial charge in [-0.3, -0.25) is 4.98 Å². The normalized spacial score (nSPS) is 15.2. The smallest absolute Gasteiger partial charge is 0.407 e. The van der Waals surface area contributed by atoms with E-state index in [-0.39, 0.29) is 0 Å². The number of piperidine rings is 1. The zero-order chi connectivity index (χ0) is 17.6. The first-order chi connectivity index (χ1) is 12.2. The van der Waals surface area contributed by atoms with Crippen molar-refractivity contribution < 1.29 is 14.6 Å². The lowest BCUT2D eigenvalue weighted by Gasteiger charge is -2.29. The van der Waals surface area contributed by atoms with E-state index < -0.39 is 6.09 Å². The highest BCUT2D eigenvalue weighted by Crippen LogP contribution is 2.24. The Bertz CT molecular complexity index is 696. The van der Waals surface area contributed by atoms with Gasteiger partial charge in [-0.1, -0.05) is 12.1 Å². The molecule has 6 heteroatoms. The monoisotopic (exact) mass is 358 g/mol. The Balaban J connectivity index is 1.52. The Hall–Kier alpha value is -2.21. The van der Waals surface area contributed by atoms with E-state index >= 15 is 0 Å². The van der Waals surface area contributed by atoms with Crippen LogP contribution in [-0.4, -0.2) is 47.0 Å². The maximum atomic E-state index is 10.9. The van der Waals surface area contributed by atoms with Gasteiger partial charge in [0.25, 0.3) is 0 Å². The molecule has 1 amide bonds. The molecule has 132 valence electrons. The minimum atomic E-state index is -0.829. The van der Waals surface area contributed by atoms with Gasteiger partial charge in [0.1, 0.15) is 5.75 Å². The average molecular weight is 358 g/mol. The summed E-state index contributed by atoms with van der Waals surface area (Å²) >= 11 is 1.72. The second-order valence-electron chi connectivity index (χ2n) is 6.13. The SMILES string of the molecule is CSc1ccc(-c2ccc(OCC3CCN(C(=O)O)CC3)cn2)cc1. The molecule has 1 N–H and O–H groups in total. The number of ether oxygens (including phenoxy) is 1. The first-order valence-corrected chi connectivity index (χ1v) is 9.59. The number of nitrogens with zero attached hydrogens (tertiary/aromatic N) is 2. The van der Waals surface area contributed by atoms with E-state index in [0.717, 1.165) is 29.8 Å². The van der Waals surface area contributed by atoms with Crippen LogP contribution in [0.15, 0.2) is 47.5 Å². The molecule has 0 atom stereocenters. The molecule has 0 saturated carbocycles. The molecule has 1 aliphatic heterocycles. The number of aromatic nitrogens is 1. The first kappa shape index (κ1) is 17.6. The van der Waals surface area contributed by atoms with Gasteiger partial charge in [0.05, 0.1) is 18.5 Å². The van der Waals surface area contributed by atoms with E-state index in [1.165, 1.54) is 9.80 Å². The highest BCUT2D eigenvalue weighted by Gasteiger charge is 2.22. The van der Waals surface area contributed by atoms with Gasteiger partial charge >= 0.3 is 6.09 Å². The molecule has 0 unspecified atom stereocenters. The maximum Gasteiger partial charge on any atom is 0.407 e. The van der Waals surface area contributed by atoms with Gasteiger partial charge in [-0.05, 0) is 49.3 Å². The van der Waals surface area contributed by atoms with Gasteiger partial charge in [0, 0.05) is 23.5 Å². The third-order valence-electron chi connectivity index (χ3n) is 4.49. The lowest BCUT2D eigenvalue weighted by molar-refractivity contribution is 0.111. The van der Waals surface area contributed by atoms with Gasteiger partial charge in [-0.2, -0.15) is 0 Å². The van der Waals surface area contributed by atoms with Crippen molar-refractivity contribution in [3.05, 3.63) is 42.6 Å². The standard InChI is InChI=1S/C19H22N2O3S/c1-25-17-5-2-15(3-6-17)18-7-4-16(12-20-18)24-13-14-8-10-21(11-9-14)19(22)23/h2-7,12,14H,8-11,13H2,1H3,(H,22,23). The van der Waals surface area contributed by atoms with Crippen molar-refractivity contribution in [1.29, 1.82) is 0 Å². The van der Waals surface area contributed by atoms with Crippen molar-refractivity contribution >= 4 is 17.9 Å². The number of thioether (sulfide) groups is 1. The number of amides is 1. The number of likely N-dealkylation sites (tertiary alicyclic amines) is 1. The summed E-state index contributed by atoms with van der Waals surface area (Å²) in [6.07, 6.45) is 4.68. The second kappa shape index (κ2) is 8.25. The Labute approximate surface area is 152 Å². The lowest BCUT2D eigenvalue weighted by atomic mass is 9.98. The molecular weight excluding hydrogens is 336 g/mol. The van der Waals surface area contributed by atoms with Crippen LogP contribution in [0.25, 0.3) is 11.3 Å². The van der Waals surface area contributed by atoms with Crippen molar-refractivity contribution in [2.45, 2.75) is 17.7 Å². The second-order valence-corrected chi connectivity index (χ2v) is 7.01. The third-order valence-corrected chi connectivity index (χ3v) is 5.24. The van der Waals surface area contributed by atoms with Crippen LogP contribution in [0.1, 0.15) is 12.8 Å². The average Bonchev–Trinajstić information content (AvgIpc) is 2.67. The summed E-state index contributed by atoms with van der Waals surface area (Å²) in [4.78, 5) is 18.1. The van der Waals surface area contributed by atoms with Gasteiger partial charge in [0.2, 0.25) is 0 Å². The number of rotatable bonds is 5. The van der Waals surface area contributed by atoms with Crippen LogP contribution in [-0.2, 0) is 0 Å². The molecule has 0 radical (unpaired) electrons. The minimum absolute atomic E-state index is 0.398. The molecule has 1 aromatic carbocycles. The van der Waals surface area contributed by atoms with Gasteiger partial charge in [-0.15, -0.1) is 11.8 Å². The molecule has 0 spiro atoms. The van der Waals surface area contributed by atoms with Crippen LogP contribution in [0.4, 0.5) is 4.79 Å². The summed E-state index contributed by atoms with van der Waals surface area (Å²) in [5, 5.41) is 8.97. The Morgan fingerprint density at radius 2 is 1.96 bits per heavy atom. The summed E-state index contributed by atoms with van der Waals surface area (Å²) in [5.41, 5.74) is 2.01. The lowest BCUT2D eigenvalue weighted by Crippen LogP contribution is -2.38. The molecule has 0 aliphatic carbocycles. The van der Waals surface area contributed by atoms with Crippen molar-refractivity contribution in [2.24, 2.45) is 5.92 Å². The van der Waals surface area contributed by atoms with Gasteiger partial charge < -0.3 is 14.7 Å². The van der Waals surface area contributed by atoms with Crippen LogP contribution in [0.5, 0.6) is 5.75 Å². The zero-order valence-corrected chi connectivity index (χ0v) is 15.0. The summed E-state index contributed by atoms with van der Waals surface area (Å²) in [5.74, 6) is 1.15. The summed E-state index contributed by atoms with van der Waals surface area (Å²) < 4.78 is 5.84. The number of carboxylic acid groups (broad SMARTS) is 1. The fraction of sp³-hybridized carbons (Fsp3) is 0.368. The molecule has 2 heterocycles. The van der Waals surface area contributed by atoms with Gasteiger partial charge in [0.15, 0.2) is 0 Å². The Morgan fingerprint density at radius 1 is 1.24 bits per heavy atom. The Morgan fingerprint density at radius 3 is 2.52 bits per heavy atom. The van der Waals surface area contributed by atoms with E-state index in [0.29, 0.717) is 25.6 Å². The highest BCUT2D eigenvalue weighted by molar-refractivity contribution is 7.98. The molecule has 1 saturated heterocycles. The summed E-state index contributed by atoms with van der Waals surface area (Å²) in [7, 11) is 0. The maximum absolute atomic E-state index is 10.9. The number of hydrogen-bond acceptors (Lipinski definition) is 4. The molecule has 1 fully saturated rings. The predicted octanol–water partition coefficient (Wildman–Crippen LogP) is 4.24. The molecule has 5 nitrogen and oxygen atoms in total. The largest absolute Gasteiger partial charge is 0.492 e. The van der Waals surface area contributed by atoms with Crippen molar-refractivity contribution in [1.82, 2.24) is 9.88 Å². The molecule has 25 heavy (non-hydrogen) atoms. The fourth-order valence-electron chi connectivity index (χ4n) is 2.90. The van der Waals surface area contributed by atoms with Crippen LogP contribution in [0.2, 0.25) is 0 Å². The molecule has 0 bridgehead atoms. The van der Waals surface area contributed by atoms with Crippen molar-refractivity contribution in [3.63, 3.8) is 0 Å². The zero-order valence-electron chi connectivity index (χ0n) is 14.2. The van der Waals surface area contributed by atoms with E-state index in [4.69, 9.17) is 9.84 Å². The number of carbonyl (C=O) groups is 1. The number of benzene rings is 1. The van der Waals surface area contributed by atoms with Crippen LogP contribution in [0.3, 0.4) is 0 Å². The molecule has 3 rings (SSSR count). The van der Waals surface area contributed by atoms with E-state index in [1.807, 2.05) is 12.1 Å². The molecule has 1 aliphatic rings. The predicted molar refractivity (Wildman–Crippen MR) is 99.3 cm³/mol. The van der Waals surface area contributed by atoms with Crippen LogP contribution < -0.4 is 4.74 Å². The third kappa shape index (κ3) is 4.66. The van der Waals surface area contributed by atoms with E-state index in [2.05, 4.69) is 35.5 Å².